The van der Waals surface area contributed by atoms with Gasteiger partial charge in [-0.3, -0.25) is 4.98 Å². The molecular weight excluding hydrogens is 244 g/mol. The fourth-order valence-corrected chi connectivity index (χ4v) is 3.10. The van der Waals surface area contributed by atoms with E-state index in [4.69, 9.17) is 5.73 Å². The van der Waals surface area contributed by atoms with Gasteiger partial charge >= 0.3 is 0 Å². The first-order valence-electron chi connectivity index (χ1n) is 6.09. The highest BCUT2D eigenvalue weighted by molar-refractivity contribution is 7.19. The van der Waals surface area contributed by atoms with Crippen molar-refractivity contribution in [1.29, 1.82) is 0 Å². The van der Waals surface area contributed by atoms with Crippen LogP contribution in [0, 0.1) is 0 Å². The van der Waals surface area contributed by atoms with Crippen molar-refractivity contribution in [2.24, 2.45) is 0 Å². The second-order valence-corrected chi connectivity index (χ2v) is 5.34. The summed E-state index contributed by atoms with van der Waals surface area (Å²) >= 11 is 1.69. The first-order chi connectivity index (χ1) is 8.79. The van der Waals surface area contributed by atoms with Crippen LogP contribution < -0.4 is 5.73 Å². The van der Waals surface area contributed by atoms with Crippen LogP contribution in [0.2, 0.25) is 0 Å². The molecule has 3 aromatic rings. The minimum atomic E-state index is 0.504. The van der Waals surface area contributed by atoms with Gasteiger partial charge in [0.25, 0.3) is 0 Å². The van der Waals surface area contributed by atoms with Crippen molar-refractivity contribution in [3.8, 4) is 0 Å². The number of hydrogen-bond acceptors (Lipinski definition) is 5. The number of rotatable bonds is 3. The number of nitrogens with zero attached hydrogens (tertiary/aromatic N) is 3. The molecule has 0 radical (unpaired) electrons. The predicted molar refractivity (Wildman–Crippen MR) is 75.7 cm³/mol. The quantitative estimate of drug-likeness (QED) is 0.783. The zero-order chi connectivity index (χ0) is 12.5. The van der Waals surface area contributed by atoms with E-state index in [9.17, 15) is 0 Å². The third-order valence-corrected chi connectivity index (χ3v) is 4.02. The van der Waals surface area contributed by atoms with Crippen molar-refractivity contribution in [1.82, 2.24) is 15.0 Å². The van der Waals surface area contributed by atoms with Crippen molar-refractivity contribution in [3.05, 3.63) is 23.3 Å². The molecule has 0 unspecified atom stereocenters. The Labute approximate surface area is 109 Å². The van der Waals surface area contributed by atoms with E-state index in [2.05, 4.69) is 21.9 Å². The van der Waals surface area contributed by atoms with Gasteiger partial charge in [0.2, 0.25) is 0 Å². The number of anilines is 1. The van der Waals surface area contributed by atoms with Gasteiger partial charge in [-0.05, 0) is 25.0 Å². The second kappa shape index (κ2) is 4.49. The molecule has 3 rings (SSSR count). The van der Waals surface area contributed by atoms with Gasteiger partial charge in [0.1, 0.15) is 11.0 Å². The molecule has 0 saturated heterocycles. The Hall–Kier alpha value is -1.75. The zero-order valence-corrected chi connectivity index (χ0v) is 11.0. The maximum Gasteiger partial charge on any atom is 0.151 e. The molecule has 0 bridgehead atoms. The van der Waals surface area contributed by atoms with Gasteiger partial charge < -0.3 is 5.73 Å². The fraction of sp³-hybridized carbons (Fsp3) is 0.308. The van der Waals surface area contributed by atoms with Gasteiger partial charge in [0, 0.05) is 6.20 Å². The average Bonchev–Trinajstić information content (AvgIpc) is 2.81. The number of aromatic nitrogens is 3. The smallest absolute Gasteiger partial charge is 0.151 e. The molecule has 92 valence electrons. The Morgan fingerprint density at radius 2 is 2.17 bits per heavy atom. The van der Waals surface area contributed by atoms with Crippen molar-refractivity contribution >= 4 is 38.4 Å². The molecule has 4 nitrogen and oxygen atoms in total. The summed E-state index contributed by atoms with van der Waals surface area (Å²) in [7, 11) is 0. The van der Waals surface area contributed by atoms with Crippen LogP contribution in [0.25, 0.3) is 21.3 Å². The molecular formula is C13H14N4S. The van der Waals surface area contributed by atoms with Crippen LogP contribution in [0.15, 0.2) is 18.3 Å². The molecule has 0 aliphatic heterocycles. The van der Waals surface area contributed by atoms with Gasteiger partial charge in [0.15, 0.2) is 5.82 Å². The van der Waals surface area contributed by atoms with Crippen molar-refractivity contribution < 1.29 is 0 Å². The Kier molecular flexibility index (Phi) is 2.83. The van der Waals surface area contributed by atoms with Crippen LogP contribution in [-0.4, -0.2) is 15.0 Å². The highest BCUT2D eigenvalue weighted by atomic mass is 32.1. The molecule has 0 fully saturated rings. The number of nitrogen functional groups attached to an aromatic ring is 1. The maximum atomic E-state index is 5.97. The second-order valence-electron chi connectivity index (χ2n) is 4.26. The minimum absolute atomic E-state index is 0.504. The zero-order valence-electron chi connectivity index (χ0n) is 10.2. The van der Waals surface area contributed by atoms with E-state index in [-0.39, 0.29) is 0 Å². The summed E-state index contributed by atoms with van der Waals surface area (Å²) < 4.78 is 1.06. The van der Waals surface area contributed by atoms with Crippen LogP contribution in [0.4, 0.5) is 5.82 Å². The van der Waals surface area contributed by atoms with E-state index >= 15 is 0 Å². The predicted octanol–water partition coefficient (Wildman–Crippen LogP) is 3.16. The summed E-state index contributed by atoms with van der Waals surface area (Å²) in [4.78, 5) is 13.3. The van der Waals surface area contributed by atoms with Crippen molar-refractivity contribution in [2.45, 2.75) is 26.2 Å². The summed E-state index contributed by atoms with van der Waals surface area (Å²) in [5.74, 6) is 0.504. The number of pyridine rings is 2. The fourth-order valence-electron chi connectivity index (χ4n) is 1.98. The summed E-state index contributed by atoms with van der Waals surface area (Å²) in [5, 5.41) is 1.12. The highest BCUT2D eigenvalue weighted by Crippen LogP contribution is 2.31. The molecule has 0 aliphatic carbocycles. The summed E-state index contributed by atoms with van der Waals surface area (Å²) in [6.45, 7) is 2.18. The van der Waals surface area contributed by atoms with E-state index in [1.54, 1.807) is 17.5 Å². The Balaban J connectivity index is 2.24. The lowest BCUT2D eigenvalue weighted by atomic mass is 10.2. The molecule has 0 aromatic carbocycles. The number of thiazole rings is 1. The first-order valence-corrected chi connectivity index (χ1v) is 6.91. The number of nitrogens with two attached hydrogens (primary N) is 1. The van der Waals surface area contributed by atoms with Crippen LogP contribution in [0.1, 0.15) is 24.8 Å². The lowest BCUT2D eigenvalue weighted by molar-refractivity contribution is 0.791. The number of aryl methyl sites for hydroxylation is 1. The molecule has 0 amide bonds. The number of fused-ring (bicyclic) bond motifs is 3. The van der Waals surface area contributed by atoms with Crippen LogP contribution in [0.5, 0.6) is 0 Å². The Bertz CT molecular complexity index is 705. The van der Waals surface area contributed by atoms with Gasteiger partial charge in [-0.25, -0.2) is 9.97 Å². The van der Waals surface area contributed by atoms with E-state index < -0.39 is 0 Å². The lowest BCUT2D eigenvalue weighted by Gasteiger charge is -1.98. The number of unbranched alkanes of at least 4 members (excludes halogenated alkanes) is 1. The molecule has 2 N–H and O–H groups in total. The van der Waals surface area contributed by atoms with Crippen LogP contribution in [-0.2, 0) is 6.42 Å². The molecule has 0 aliphatic rings. The molecule has 0 saturated carbocycles. The third-order valence-electron chi connectivity index (χ3n) is 2.90. The SMILES string of the molecule is CCCCc1nc2c(N)nc3cccnc3c2s1. The molecule has 3 heterocycles. The van der Waals surface area contributed by atoms with Gasteiger partial charge in [-0.15, -0.1) is 11.3 Å². The number of hydrogen-bond donors (Lipinski definition) is 1. The molecule has 3 aromatic heterocycles. The minimum Gasteiger partial charge on any atom is -0.382 e. The summed E-state index contributed by atoms with van der Waals surface area (Å²) in [5.41, 5.74) is 8.52. The monoisotopic (exact) mass is 258 g/mol. The largest absolute Gasteiger partial charge is 0.382 e. The van der Waals surface area contributed by atoms with Crippen LogP contribution >= 0.6 is 11.3 Å². The summed E-state index contributed by atoms with van der Waals surface area (Å²) in [6.07, 6.45) is 5.11. The van der Waals surface area contributed by atoms with Gasteiger partial charge in [-0.1, -0.05) is 13.3 Å². The normalized spacial score (nSPS) is 11.4. The highest BCUT2D eigenvalue weighted by Gasteiger charge is 2.12. The maximum absolute atomic E-state index is 5.97. The molecule has 0 atom stereocenters. The Morgan fingerprint density at radius 3 is 3.00 bits per heavy atom. The topological polar surface area (TPSA) is 64.7 Å². The first kappa shape index (κ1) is 11.3. The third kappa shape index (κ3) is 1.80. The molecule has 5 heteroatoms. The average molecular weight is 258 g/mol. The Morgan fingerprint density at radius 1 is 1.28 bits per heavy atom. The molecule has 18 heavy (non-hydrogen) atoms. The van der Waals surface area contributed by atoms with E-state index in [0.29, 0.717) is 5.82 Å². The standard InChI is InChI=1S/C13H14N4S/c1-2-3-6-9-17-11-12(18-9)10-8(16-13(11)14)5-4-7-15-10/h4-5,7H,2-3,6H2,1H3,(H2,14,16). The van der Waals surface area contributed by atoms with E-state index in [1.165, 1.54) is 6.42 Å². The van der Waals surface area contributed by atoms with Crippen LogP contribution in [0.3, 0.4) is 0 Å². The van der Waals surface area contributed by atoms with E-state index in [1.807, 2.05) is 12.1 Å². The van der Waals surface area contributed by atoms with Crippen molar-refractivity contribution in [2.75, 3.05) is 5.73 Å². The van der Waals surface area contributed by atoms with Gasteiger partial charge in [0.05, 0.1) is 15.2 Å². The lowest BCUT2D eigenvalue weighted by Crippen LogP contribution is -1.93. The van der Waals surface area contributed by atoms with Crippen molar-refractivity contribution in [3.63, 3.8) is 0 Å². The molecule has 0 spiro atoms. The van der Waals surface area contributed by atoms with Gasteiger partial charge in [-0.2, -0.15) is 0 Å². The summed E-state index contributed by atoms with van der Waals surface area (Å²) in [6, 6.07) is 3.81. The van der Waals surface area contributed by atoms with E-state index in [0.717, 1.165) is 39.1 Å².